The zero-order valence-corrected chi connectivity index (χ0v) is 15.2. The number of hydrogen-bond donors (Lipinski definition) is 1. The number of esters is 1. The first-order chi connectivity index (χ1) is 10.8. The Balaban J connectivity index is 2.13. The van der Waals surface area contributed by atoms with Gasteiger partial charge in [0.05, 0.1) is 17.9 Å². The maximum atomic E-state index is 12.2. The minimum absolute atomic E-state index is 0.0110. The minimum Gasteiger partial charge on any atom is -0.466 e. The van der Waals surface area contributed by atoms with E-state index in [1.54, 1.807) is 19.1 Å². The van der Waals surface area contributed by atoms with Crippen molar-refractivity contribution in [2.24, 2.45) is 4.40 Å². The molecule has 0 aliphatic carbocycles. The van der Waals surface area contributed by atoms with Crippen LogP contribution in [0.2, 0.25) is 0 Å². The van der Waals surface area contributed by atoms with Crippen molar-refractivity contribution in [3.05, 3.63) is 28.7 Å². The van der Waals surface area contributed by atoms with Gasteiger partial charge in [-0.25, -0.2) is 0 Å². The van der Waals surface area contributed by atoms with E-state index in [9.17, 15) is 18.0 Å². The number of halogens is 1. The van der Waals surface area contributed by atoms with Gasteiger partial charge in [0.25, 0.3) is 10.0 Å². The molecule has 124 valence electrons. The van der Waals surface area contributed by atoms with E-state index < -0.39 is 27.1 Å². The maximum Gasteiger partial charge on any atom is 0.307 e. The minimum atomic E-state index is -3.93. The number of carbonyl (C=O) groups excluding carboxylic acids is 2. The summed E-state index contributed by atoms with van der Waals surface area (Å²) in [5, 5.41) is 1.57. The molecule has 10 heteroatoms. The lowest BCUT2D eigenvalue weighted by atomic mass is 10.3. The summed E-state index contributed by atoms with van der Waals surface area (Å²) >= 11 is 4.11. The van der Waals surface area contributed by atoms with Gasteiger partial charge in [-0.2, -0.15) is 8.42 Å². The molecule has 1 N–H and O–H groups in total. The Morgan fingerprint density at radius 1 is 1.39 bits per heavy atom. The number of thioether (sulfide) groups is 1. The molecule has 0 bridgehead atoms. The van der Waals surface area contributed by atoms with Crippen molar-refractivity contribution in [3.8, 4) is 0 Å². The van der Waals surface area contributed by atoms with Crippen LogP contribution >= 0.6 is 27.7 Å². The molecule has 1 fully saturated rings. The number of nitrogens with one attached hydrogen (secondary N) is 1. The molecule has 1 aromatic rings. The second-order valence-electron chi connectivity index (χ2n) is 4.43. The molecule has 1 aliphatic rings. The molecular weight excluding hydrogens is 408 g/mol. The second kappa shape index (κ2) is 7.45. The van der Waals surface area contributed by atoms with Gasteiger partial charge in [0.2, 0.25) is 5.91 Å². The van der Waals surface area contributed by atoms with Gasteiger partial charge in [0.1, 0.15) is 5.25 Å². The van der Waals surface area contributed by atoms with E-state index in [0.29, 0.717) is 0 Å². The first kappa shape index (κ1) is 18.0. The lowest BCUT2D eigenvalue weighted by Gasteiger charge is -2.04. The number of carbonyl (C=O) groups is 2. The molecule has 0 aromatic heterocycles. The highest BCUT2D eigenvalue weighted by atomic mass is 79.9. The van der Waals surface area contributed by atoms with Gasteiger partial charge in [-0.3, -0.25) is 9.59 Å². The normalized spacial score (nSPS) is 19.7. The van der Waals surface area contributed by atoms with Crippen LogP contribution in [0.15, 0.2) is 38.0 Å². The number of sulfonamides is 1. The van der Waals surface area contributed by atoms with Crippen LogP contribution in [-0.4, -0.2) is 37.3 Å². The highest BCUT2D eigenvalue weighted by Gasteiger charge is 2.33. The third-order valence-corrected chi connectivity index (χ3v) is 5.77. The van der Waals surface area contributed by atoms with Gasteiger partial charge in [-0.1, -0.05) is 27.7 Å². The Morgan fingerprint density at radius 3 is 2.65 bits per heavy atom. The summed E-state index contributed by atoms with van der Waals surface area (Å²) in [5.41, 5.74) is 0. The Bertz CT molecular complexity index is 746. The Labute approximate surface area is 146 Å². The number of amides is 1. The van der Waals surface area contributed by atoms with Crippen molar-refractivity contribution in [1.29, 1.82) is 0 Å². The number of amidine groups is 1. The fourth-order valence-electron chi connectivity index (χ4n) is 1.72. The molecular formula is C13H13BrN2O5S2. The number of benzene rings is 1. The quantitative estimate of drug-likeness (QED) is 0.726. The molecule has 2 rings (SSSR count). The van der Waals surface area contributed by atoms with Crippen molar-refractivity contribution in [2.75, 3.05) is 6.61 Å². The van der Waals surface area contributed by atoms with Crippen LogP contribution in [0.3, 0.4) is 0 Å². The summed E-state index contributed by atoms with van der Waals surface area (Å²) in [4.78, 5) is 23.2. The summed E-state index contributed by atoms with van der Waals surface area (Å²) in [6, 6.07) is 5.97. The number of nitrogens with zero attached hydrogens (tertiary/aromatic N) is 1. The topological polar surface area (TPSA) is 102 Å². The van der Waals surface area contributed by atoms with Crippen LogP contribution in [0.1, 0.15) is 13.3 Å². The molecule has 0 radical (unpaired) electrons. The van der Waals surface area contributed by atoms with Crippen LogP contribution in [0.5, 0.6) is 0 Å². The molecule has 23 heavy (non-hydrogen) atoms. The summed E-state index contributed by atoms with van der Waals surface area (Å²) in [7, 11) is -3.93. The Kier molecular flexibility index (Phi) is 5.82. The number of ether oxygens (including phenoxy) is 1. The van der Waals surface area contributed by atoms with Crippen molar-refractivity contribution in [1.82, 2.24) is 5.32 Å². The van der Waals surface area contributed by atoms with Crippen molar-refractivity contribution in [3.63, 3.8) is 0 Å². The van der Waals surface area contributed by atoms with E-state index in [4.69, 9.17) is 4.74 Å². The highest BCUT2D eigenvalue weighted by molar-refractivity contribution is 9.10. The SMILES string of the molecule is CCOC(=O)CC1S/C(=N\S(=O)(=O)c2ccc(Br)cc2)NC1=O. The van der Waals surface area contributed by atoms with E-state index in [0.717, 1.165) is 16.2 Å². The number of rotatable bonds is 5. The third-order valence-electron chi connectivity index (χ3n) is 2.75. The molecule has 1 heterocycles. The molecule has 1 atom stereocenters. The summed E-state index contributed by atoms with van der Waals surface area (Å²) in [5.74, 6) is -0.982. The molecule has 1 amide bonds. The van der Waals surface area contributed by atoms with Gasteiger partial charge >= 0.3 is 5.97 Å². The monoisotopic (exact) mass is 420 g/mol. The van der Waals surface area contributed by atoms with E-state index in [1.165, 1.54) is 12.1 Å². The largest absolute Gasteiger partial charge is 0.466 e. The molecule has 7 nitrogen and oxygen atoms in total. The van der Waals surface area contributed by atoms with Crippen LogP contribution < -0.4 is 5.32 Å². The van der Waals surface area contributed by atoms with Crippen molar-refractivity contribution >= 4 is 54.8 Å². The Morgan fingerprint density at radius 2 is 2.04 bits per heavy atom. The summed E-state index contributed by atoms with van der Waals surface area (Å²) in [6.45, 7) is 1.88. The van der Waals surface area contributed by atoms with Gasteiger partial charge < -0.3 is 10.1 Å². The van der Waals surface area contributed by atoms with Gasteiger partial charge in [-0.05, 0) is 31.2 Å². The van der Waals surface area contributed by atoms with Gasteiger partial charge in [-0.15, -0.1) is 4.40 Å². The van der Waals surface area contributed by atoms with E-state index in [1.807, 2.05) is 0 Å². The second-order valence-corrected chi connectivity index (χ2v) is 8.14. The molecule has 1 saturated heterocycles. The van der Waals surface area contributed by atoms with E-state index >= 15 is 0 Å². The average Bonchev–Trinajstić information content (AvgIpc) is 2.78. The maximum absolute atomic E-state index is 12.2. The highest BCUT2D eigenvalue weighted by Crippen LogP contribution is 2.25. The fraction of sp³-hybridized carbons (Fsp3) is 0.308. The third kappa shape index (κ3) is 4.79. The lowest BCUT2D eigenvalue weighted by molar-refractivity contribution is -0.144. The van der Waals surface area contributed by atoms with E-state index in [2.05, 4.69) is 25.6 Å². The van der Waals surface area contributed by atoms with Crippen LogP contribution in [0.4, 0.5) is 0 Å². The summed E-state index contributed by atoms with van der Waals surface area (Å²) in [6.07, 6.45) is -0.137. The van der Waals surface area contributed by atoms with E-state index in [-0.39, 0.29) is 23.1 Å². The zero-order valence-electron chi connectivity index (χ0n) is 12.0. The molecule has 1 aliphatic heterocycles. The predicted molar refractivity (Wildman–Crippen MR) is 89.5 cm³/mol. The fourth-order valence-corrected chi connectivity index (χ4v) is 4.12. The average molecular weight is 421 g/mol. The molecule has 1 unspecified atom stereocenters. The van der Waals surface area contributed by atoms with Crippen molar-refractivity contribution in [2.45, 2.75) is 23.5 Å². The molecule has 1 aromatic carbocycles. The van der Waals surface area contributed by atoms with Crippen LogP contribution in [-0.2, 0) is 24.3 Å². The molecule has 0 saturated carbocycles. The van der Waals surface area contributed by atoms with Crippen LogP contribution in [0, 0.1) is 0 Å². The first-order valence-corrected chi connectivity index (χ1v) is 9.67. The Hall–Kier alpha value is -1.39. The van der Waals surface area contributed by atoms with Gasteiger partial charge in [0, 0.05) is 4.47 Å². The zero-order chi connectivity index (χ0) is 17.0. The van der Waals surface area contributed by atoms with Crippen molar-refractivity contribution < 1.29 is 22.7 Å². The smallest absolute Gasteiger partial charge is 0.307 e. The number of hydrogen-bond acceptors (Lipinski definition) is 6. The first-order valence-electron chi connectivity index (χ1n) is 6.55. The molecule has 0 spiro atoms. The predicted octanol–water partition coefficient (Wildman–Crippen LogP) is 1.68. The van der Waals surface area contributed by atoms with Crippen LogP contribution in [0.25, 0.3) is 0 Å². The summed E-state index contributed by atoms with van der Waals surface area (Å²) < 4.78 is 33.5. The standard InChI is InChI=1S/C13H13BrN2O5S2/c1-2-21-11(17)7-10-12(18)15-13(22-10)16-23(19,20)9-5-3-8(14)4-6-9/h3-6,10H,2,7H2,1H3,(H,15,16,18). The lowest BCUT2D eigenvalue weighted by Crippen LogP contribution is -2.27. The van der Waals surface area contributed by atoms with Gasteiger partial charge in [0.15, 0.2) is 5.17 Å².